The maximum absolute atomic E-state index is 14.1. The first-order chi connectivity index (χ1) is 24.1. The molecule has 0 unspecified atom stereocenters. The first kappa shape index (κ1) is 33.6. The topological polar surface area (TPSA) is 127 Å². The minimum atomic E-state index is -3.98. The van der Waals surface area contributed by atoms with Crippen LogP contribution in [0.15, 0.2) is 107 Å². The molecule has 1 N–H and O–H groups in total. The molecule has 5 aromatic rings. The van der Waals surface area contributed by atoms with Crippen LogP contribution in [0.5, 0.6) is 5.75 Å². The number of halogens is 1. The van der Waals surface area contributed by atoms with Gasteiger partial charge in [-0.2, -0.15) is 4.31 Å². The fraction of sp³-hybridized carbons (Fsp3) is 0.324. The molecule has 50 heavy (non-hydrogen) atoms. The molecule has 2 saturated heterocycles. The molecule has 260 valence electrons. The van der Waals surface area contributed by atoms with Crippen LogP contribution in [0.25, 0.3) is 16.7 Å². The Morgan fingerprint density at radius 3 is 2.44 bits per heavy atom. The Kier molecular flexibility index (Phi) is 9.06. The van der Waals surface area contributed by atoms with Crippen LogP contribution in [-0.4, -0.2) is 81.6 Å². The van der Waals surface area contributed by atoms with Crippen molar-refractivity contribution in [2.75, 3.05) is 33.3 Å². The molecule has 2 fully saturated rings. The highest BCUT2D eigenvalue weighted by molar-refractivity contribution is 7.89. The Morgan fingerprint density at radius 2 is 1.74 bits per heavy atom. The largest absolute Gasteiger partial charge is 0.497 e. The smallest absolute Gasteiger partial charge is 0.262 e. The monoisotopic (exact) mass is 699 g/mol. The van der Waals surface area contributed by atoms with Crippen molar-refractivity contribution in [3.05, 3.63) is 119 Å². The summed E-state index contributed by atoms with van der Waals surface area (Å²) >= 11 is 0. The van der Waals surface area contributed by atoms with Gasteiger partial charge in [-0.15, -0.1) is 0 Å². The molecule has 0 spiro atoms. The minimum Gasteiger partial charge on any atom is -0.497 e. The van der Waals surface area contributed by atoms with Gasteiger partial charge in [-0.05, 0) is 73.4 Å². The molecule has 0 bridgehead atoms. The normalized spacial score (nSPS) is 19.8. The van der Waals surface area contributed by atoms with E-state index in [9.17, 15) is 27.5 Å². The number of likely N-dealkylation sites (tertiary alicyclic amines) is 1. The van der Waals surface area contributed by atoms with Crippen molar-refractivity contribution < 1.29 is 27.4 Å². The predicted molar refractivity (Wildman–Crippen MR) is 185 cm³/mol. The van der Waals surface area contributed by atoms with E-state index in [-0.39, 0.29) is 61.9 Å². The number of fused-ring (bicyclic) bond motifs is 1. The van der Waals surface area contributed by atoms with Crippen molar-refractivity contribution >= 4 is 27.0 Å². The number of methoxy groups -OCH3 is 1. The van der Waals surface area contributed by atoms with E-state index in [1.165, 1.54) is 33.4 Å². The number of carbonyl (C=O) groups is 1. The molecule has 0 saturated carbocycles. The summed E-state index contributed by atoms with van der Waals surface area (Å²) in [5.41, 5.74) is 0.693. The van der Waals surface area contributed by atoms with Crippen molar-refractivity contribution in [2.45, 2.75) is 42.2 Å². The predicted octanol–water partition coefficient (Wildman–Crippen LogP) is 4.18. The number of aliphatic hydroxyl groups is 1. The Hall–Kier alpha value is -4.85. The van der Waals surface area contributed by atoms with Crippen molar-refractivity contribution in [1.29, 1.82) is 0 Å². The van der Waals surface area contributed by atoms with Gasteiger partial charge in [0.2, 0.25) is 15.9 Å². The van der Waals surface area contributed by atoms with E-state index in [4.69, 9.17) is 4.74 Å². The van der Waals surface area contributed by atoms with E-state index in [0.29, 0.717) is 17.5 Å². The van der Waals surface area contributed by atoms with Crippen LogP contribution in [0.2, 0.25) is 0 Å². The van der Waals surface area contributed by atoms with Gasteiger partial charge >= 0.3 is 0 Å². The number of rotatable bonds is 8. The van der Waals surface area contributed by atoms with Gasteiger partial charge < -0.3 is 19.3 Å². The molecule has 2 aliphatic heterocycles. The van der Waals surface area contributed by atoms with Crippen LogP contribution < -0.4 is 10.3 Å². The third kappa shape index (κ3) is 6.43. The Morgan fingerprint density at radius 1 is 1.00 bits per heavy atom. The number of sulfonamides is 1. The zero-order chi connectivity index (χ0) is 35.0. The number of hydrogen-bond acceptors (Lipinski definition) is 7. The number of aromatic nitrogens is 3. The highest BCUT2D eigenvalue weighted by atomic mass is 32.2. The van der Waals surface area contributed by atoms with Crippen molar-refractivity contribution in [2.24, 2.45) is 5.92 Å². The first-order valence-electron chi connectivity index (χ1n) is 16.6. The number of benzene rings is 3. The van der Waals surface area contributed by atoms with Crippen LogP contribution in [0.4, 0.5) is 4.39 Å². The molecule has 13 heteroatoms. The molecule has 2 aliphatic rings. The quantitative estimate of drug-likeness (QED) is 0.258. The zero-order valence-corrected chi connectivity index (χ0v) is 28.4. The van der Waals surface area contributed by atoms with Crippen molar-refractivity contribution in [1.82, 2.24) is 23.3 Å². The average molecular weight is 700 g/mol. The van der Waals surface area contributed by atoms with E-state index >= 15 is 0 Å². The number of piperidine rings is 2. The molecule has 0 radical (unpaired) electrons. The molecule has 3 aromatic carbocycles. The van der Waals surface area contributed by atoms with Crippen LogP contribution in [-0.2, 0) is 21.4 Å². The lowest BCUT2D eigenvalue weighted by molar-refractivity contribution is -0.142. The van der Waals surface area contributed by atoms with E-state index in [2.05, 4.69) is 4.98 Å². The zero-order valence-electron chi connectivity index (χ0n) is 27.6. The summed E-state index contributed by atoms with van der Waals surface area (Å²) in [4.78, 5) is 33.8. The lowest BCUT2D eigenvalue weighted by atomic mass is 9.80. The van der Waals surface area contributed by atoms with E-state index in [0.717, 1.165) is 23.1 Å². The summed E-state index contributed by atoms with van der Waals surface area (Å²) < 4.78 is 50.8. The fourth-order valence-electron chi connectivity index (χ4n) is 7.22. The molecule has 2 atom stereocenters. The highest BCUT2D eigenvalue weighted by Crippen LogP contribution is 2.37. The van der Waals surface area contributed by atoms with Crippen molar-refractivity contribution in [3.63, 3.8) is 0 Å². The maximum Gasteiger partial charge on any atom is 0.262 e. The molecule has 4 heterocycles. The molecule has 11 nitrogen and oxygen atoms in total. The first-order valence-corrected chi connectivity index (χ1v) is 18.0. The molecule has 1 amide bonds. The second kappa shape index (κ2) is 13.5. The second-order valence-electron chi connectivity index (χ2n) is 13.1. The van der Waals surface area contributed by atoms with Crippen molar-refractivity contribution in [3.8, 4) is 11.4 Å². The third-order valence-corrected chi connectivity index (χ3v) is 11.9. The van der Waals surface area contributed by atoms with Crippen LogP contribution in [0.3, 0.4) is 0 Å². The number of amides is 1. The van der Waals surface area contributed by atoms with Gasteiger partial charge in [0.15, 0.2) is 5.65 Å². The van der Waals surface area contributed by atoms with Gasteiger partial charge in [0.05, 0.1) is 29.5 Å². The Bertz CT molecular complexity index is 2180. The third-order valence-electron chi connectivity index (χ3n) is 10.0. The van der Waals surface area contributed by atoms with Gasteiger partial charge in [-0.25, -0.2) is 17.8 Å². The van der Waals surface area contributed by atoms with Gasteiger partial charge in [-0.3, -0.25) is 14.2 Å². The maximum atomic E-state index is 14.1. The molecular weight excluding hydrogens is 662 g/mol. The summed E-state index contributed by atoms with van der Waals surface area (Å²) in [6.45, 7) is 0.811. The average Bonchev–Trinajstić information content (AvgIpc) is 3.58. The molecule has 2 aromatic heterocycles. The Balaban J connectivity index is 1.05. The highest BCUT2D eigenvalue weighted by Gasteiger charge is 2.43. The number of hydrogen-bond donors (Lipinski definition) is 1. The fourth-order valence-corrected chi connectivity index (χ4v) is 8.73. The summed E-state index contributed by atoms with van der Waals surface area (Å²) in [6.07, 6.45) is 4.06. The molecule has 7 rings (SSSR count). The summed E-state index contributed by atoms with van der Waals surface area (Å²) in [6, 6.07) is 23.5. The van der Waals surface area contributed by atoms with E-state index in [1.54, 1.807) is 24.3 Å². The minimum absolute atomic E-state index is 0.0352. The number of carbonyl (C=O) groups excluding carboxylic acids is 1. The van der Waals surface area contributed by atoms with Gasteiger partial charge in [0, 0.05) is 49.9 Å². The lowest BCUT2D eigenvalue weighted by Gasteiger charge is -2.43. The van der Waals surface area contributed by atoms with Gasteiger partial charge in [0.25, 0.3) is 5.56 Å². The summed E-state index contributed by atoms with van der Waals surface area (Å²) in [7, 11) is -2.38. The standard InChI is InChI=1S/C37H38FN5O6S/c1-49-29-12-10-28(11-13-29)43-19-15-32-34(43)39-25-41(36(32)45)24-37(46)16-20-40(21-17-37)35(44)31-14-18-42(23-33(31)26-6-3-2-4-7-26)50(47,48)30-9-5-8-27(38)22-30/h2-13,15,19,22,25,31,33,46H,14,16-18,20-21,23-24H2,1H3/t31-,33+/m1/s1. The number of nitrogens with zero attached hydrogens (tertiary/aromatic N) is 5. The van der Waals surface area contributed by atoms with E-state index < -0.39 is 33.3 Å². The van der Waals surface area contributed by atoms with Gasteiger partial charge in [-0.1, -0.05) is 36.4 Å². The van der Waals surface area contributed by atoms with E-state index in [1.807, 2.05) is 59.2 Å². The summed E-state index contributed by atoms with van der Waals surface area (Å²) in [5, 5.41) is 12.0. The Labute approximate surface area is 289 Å². The molecule has 0 aliphatic carbocycles. The van der Waals surface area contributed by atoms with Crippen LogP contribution in [0.1, 0.15) is 30.7 Å². The second-order valence-corrected chi connectivity index (χ2v) is 15.0. The lowest BCUT2D eigenvalue weighted by Crippen LogP contribution is -2.53. The summed E-state index contributed by atoms with van der Waals surface area (Å²) in [5.74, 6) is -0.902. The number of ether oxygens (including phenoxy) is 1. The SMILES string of the molecule is COc1ccc(-n2ccc3c(=O)n(CC4(O)CCN(C(=O)[C@@H]5CCN(S(=O)(=O)c6cccc(F)c6)C[C@H]5c5ccccc5)CC4)cnc32)cc1. The van der Waals surface area contributed by atoms with Crippen LogP contribution >= 0.6 is 0 Å². The molecular formula is C37H38FN5O6S. The van der Waals surface area contributed by atoms with Crippen LogP contribution in [0, 0.1) is 11.7 Å². The van der Waals surface area contributed by atoms with Gasteiger partial charge in [0.1, 0.15) is 17.9 Å².